The first-order valence-corrected chi connectivity index (χ1v) is 6.97. The predicted octanol–water partition coefficient (Wildman–Crippen LogP) is 4.08. The second kappa shape index (κ2) is 4.95. The molecule has 98 valence electrons. The van der Waals surface area contributed by atoms with Crippen LogP contribution in [0.25, 0.3) is 11.1 Å². The van der Waals surface area contributed by atoms with Gasteiger partial charge in [0.1, 0.15) is 0 Å². The van der Waals surface area contributed by atoms with E-state index in [1.807, 2.05) is 25.1 Å². The van der Waals surface area contributed by atoms with Crippen LogP contribution in [0.1, 0.15) is 35.9 Å². The van der Waals surface area contributed by atoms with Crippen LogP contribution in [0.4, 0.5) is 0 Å². The van der Waals surface area contributed by atoms with Crippen LogP contribution < -0.4 is 0 Å². The summed E-state index contributed by atoms with van der Waals surface area (Å²) in [5.41, 5.74) is 5.22. The van der Waals surface area contributed by atoms with E-state index in [-0.39, 0.29) is 0 Å². The first kappa shape index (κ1) is 12.6. The molecule has 2 aromatic rings. The van der Waals surface area contributed by atoms with E-state index in [1.54, 1.807) is 0 Å². The van der Waals surface area contributed by atoms with Gasteiger partial charge in [-0.25, -0.2) is 0 Å². The average Bonchev–Trinajstić information content (AvgIpc) is 2.39. The van der Waals surface area contributed by atoms with Gasteiger partial charge in [-0.2, -0.15) is 0 Å². The first-order chi connectivity index (χ1) is 9.15. The Morgan fingerprint density at radius 1 is 1.32 bits per heavy atom. The molecule has 0 saturated heterocycles. The van der Waals surface area contributed by atoms with Crippen LogP contribution in [0, 0.1) is 6.92 Å². The van der Waals surface area contributed by atoms with Gasteiger partial charge in [0.05, 0.1) is 11.8 Å². The third-order valence-electron chi connectivity index (χ3n) is 3.64. The number of aliphatic hydroxyl groups is 1. The minimum Gasteiger partial charge on any atom is -0.387 e. The molecule has 1 aromatic carbocycles. The lowest BCUT2D eigenvalue weighted by atomic mass is 9.87. The second-order valence-corrected chi connectivity index (χ2v) is 5.53. The van der Waals surface area contributed by atoms with Gasteiger partial charge in [0.15, 0.2) is 0 Å². The van der Waals surface area contributed by atoms with Gasteiger partial charge in [0.25, 0.3) is 0 Å². The molecular weight excluding hydrogens is 258 g/mol. The number of halogens is 1. The topological polar surface area (TPSA) is 33.1 Å². The summed E-state index contributed by atoms with van der Waals surface area (Å²) in [4.78, 5) is 4.52. The molecule has 3 rings (SSSR count). The van der Waals surface area contributed by atoms with E-state index < -0.39 is 6.10 Å². The predicted molar refractivity (Wildman–Crippen MR) is 77.3 cm³/mol. The summed E-state index contributed by atoms with van der Waals surface area (Å²) in [6.07, 6.45) is 2.36. The van der Waals surface area contributed by atoms with Crippen LogP contribution >= 0.6 is 11.6 Å². The normalized spacial score (nSPS) is 18.2. The maximum atomic E-state index is 10.1. The number of aliphatic hydroxyl groups excluding tert-OH is 1. The van der Waals surface area contributed by atoms with E-state index in [2.05, 4.69) is 17.1 Å². The number of nitrogens with zero attached hydrogens (tertiary/aromatic N) is 1. The molecule has 0 fully saturated rings. The number of aromatic nitrogens is 1. The fraction of sp³-hybridized carbons (Fsp3) is 0.312. The molecular formula is C16H16ClNO. The van der Waals surface area contributed by atoms with Crippen LogP contribution in [0.15, 0.2) is 30.3 Å². The lowest BCUT2D eigenvalue weighted by Gasteiger charge is -2.23. The van der Waals surface area contributed by atoms with E-state index in [0.29, 0.717) is 0 Å². The number of hydrogen-bond donors (Lipinski definition) is 1. The van der Waals surface area contributed by atoms with Crippen LogP contribution in [-0.4, -0.2) is 10.1 Å². The van der Waals surface area contributed by atoms with Gasteiger partial charge in [0, 0.05) is 10.7 Å². The van der Waals surface area contributed by atoms with Crippen LogP contribution in [0.2, 0.25) is 5.02 Å². The molecule has 1 aliphatic carbocycles. The van der Waals surface area contributed by atoms with Gasteiger partial charge in [0.2, 0.25) is 0 Å². The first-order valence-electron chi connectivity index (χ1n) is 6.59. The minimum atomic E-state index is -0.429. The molecule has 2 nitrogen and oxygen atoms in total. The highest BCUT2D eigenvalue weighted by atomic mass is 35.5. The Kier molecular flexibility index (Phi) is 3.29. The van der Waals surface area contributed by atoms with Crippen molar-refractivity contribution in [3.63, 3.8) is 0 Å². The Balaban J connectivity index is 2.21. The molecule has 1 unspecified atom stereocenters. The largest absolute Gasteiger partial charge is 0.387 e. The highest BCUT2D eigenvalue weighted by molar-refractivity contribution is 6.30. The zero-order chi connectivity index (χ0) is 13.4. The minimum absolute atomic E-state index is 0.429. The Morgan fingerprint density at radius 3 is 2.95 bits per heavy atom. The summed E-state index contributed by atoms with van der Waals surface area (Å²) >= 11 is 6.08. The smallest absolute Gasteiger partial charge is 0.0963 e. The molecule has 19 heavy (non-hydrogen) atoms. The molecule has 0 bridgehead atoms. The zero-order valence-corrected chi connectivity index (χ0v) is 11.6. The second-order valence-electron chi connectivity index (χ2n) is 5.09. The third kappa shape index (κ3) is 2.38. The Hall–Kier alpha value is -1.38. The maximum absolute atomic E-state index is 10.1. The lowest BCUT2D eigenvalue weighted by molar-refractivity contribution is 0.151. The number of fused-ring (bicyclic) bond motifs is 1. The Morgan fingerprint density at radius 2 is 2.16 bits per heavy atom. The molecule has 0 amide bonds. The monoisotopic (exact) mass is 273 g/mol. The number of benzene rings is 1. The van der Waals surface area contributed by atoms with Crippen LogP contribution in [-0.2, 0) is 6.42 Å². The number of hydrogen-bond acceptors (Lipinski definition) is 2. The lowest BCUT2D eigenvalue weighted by Crippen LogP contribution is -2.13. The van der Waals surface area contributed by atoms with Gasteiger partial charge in [-0.05, 0) is 61.1 Å². The number of rotatable bonds is 1. The van der Waals surface area contributed by atoms with Gasteiger partial charge < -0.3 is 5.11 Å². The summed E-state index contributed by atoms with van der Waals surface area (Å²) in [5, 5.41) is 10.9. The molecule has 0 aliphatic heterocycles. The number of aryl methyl sites for hydroxylation is 1. The molecule has 1 heterocycles. The molecule has 3 heteroatoms. The van der Waals surface area contributed by atoms with Crippen molar-refractivity contribution in [3.05, 3.63) is 52.3 Å². The van der Waals surface area contributed by atoms with Crippen LogP contribution in [0.3, 0.4) is 0 Å². The van der Waals surface area contributed by atoms with Crippen molar-refractivity contribution in [1.29, 1.82) is 0 Å². The van der Waals surface area contributed by atoms with Crippen LogP contribution in [0.5, 0.6) is 0 Å². The number of pyridine rings is 1. The van der Waals surface area contributed by atoms with Crippen molar-refractivity contribution in [2.75, 3.05) is 0 Å². The molecule has 1 N–H and O–H groups in total. The Bertz CT molecular complexity index is 624. The van der Waals surface area contributed by atoms with E-state index >= 15 is 0 Å². The quantitative estimate of drug-likeness (QED) is 0.849. The summed E-state index contributed by atoms with van der Waals surface area (Å²) < 4.78 is 0. The highest BCUT2D eigenvalue weighted by Gasteiger charge is 2.23. The molecule has 1 aromatic heterocycles. The van der Waals surface area contributed by atoms with Crippen molar-refractivity contribution in [2.45, 2.75) is 32.3 Å². The highest BCUT2D eigenvalue weighted by Crippen LogP contribution is 2.36. The van der Waals surface area contributed by atoms with Crippen molar-refractivity contribution in [3.8, 4) is 11.1 Å². The van der Waals surface area contributed by atoms with Gasteiger partial charge >= 0.3 is 0 Å². The van der Waals surface area contributed by atoms with Gasteiger partial charge in [-0.3, -0.25) is 4.98 Å². The van der Waals surface area contributed by atoms with E-state index in [0.717, 1.165) is 46.8 Å². The van der Waals surface area contributed by atoms with Crippen molar-refractivity contribution in [1.82, 2.24) is 4.98 Å². The standard InChI is InChI=1S/C16H16ClNO/c1-10-8-14(11-4-2-5-12(17)9-11)13-6-3-7-15(19)16(13)18-10/h2,4-5,8-9,15,19H,3,6-7H2,1H3. The molecule has 1 atom stereocenters. The SMILES string of the molecule is Cc1cc(-c2cccc(Cl)c2)c2c(n1)C(O)CCC2. The van der Waals surface area contributed by atoms with Crippen molar-refractivity contribution < 1.29 is 5.11 Å². The van der Waals surface area contributed by atoms with Gasteiger partial charge in [-0.15, -0.1) is 0 Å². The van der Waals surface area contributed by atoms with E-state index in [4.69, 9.17) is 11.6 Å². The summed E-state index contributed by atoms with van der Waals surface area (Å²) in [6, 6.07) is 9.95. The summed E-state index contributed by atoms with van der Waals surface area (Å²) in [6.45, 7) is 1.97. The fourth-order valence-corrected chi connectivity index (χ4v) is 2.97. The molecule has 0 saturated carbocycles. The molecule has 0 radical (unpaired) electrons. The summed E-state index contributed by atoms with van der Waals surface area (Å²) in [7, 11) is 0. The third-order valence-corrected chi connectivity index (χ3v) is 3.88. The van der Waals surface area contributed by atoms with E-state index in [9.17, 15) is 5.11 Å². The van der Waals surface area contributed by atoms with Gasteiger partial charge in [-0.1, -0.05) is 23.7 Å². The maximum Gasteiger partial charge on any atom is 0.0963 e. The Labute approximate surface area is 118 Å². The van der Waals surface area contributed by atoms with E-state index in [1.165, 1.54) is 5.56 Å². The average molecular weight is 274 g/mol. The molecule has 1 aliphatic rings. The van der Waals surface area contributed by atoms with Crippen molar-refractivity contribution >= 4 is 11.6 Å². The van der Waals surface area contributed by atoms with Crippen molar-refractivity contribution in [2.24, 2.45) is 0 Å². The summed E-state index contributed by atoms with van der Waals surface area (Å²) in [5.74, 6) is 0. The fourth-order valence-electron chi connectivity index (χ4n) is 2.78. The molecule has 0 spiro atoms. The zero-order valence-electron chi connectivity index (χ0n) is 10.9.